The number of furan rings is 1. The average molecular weight is 267 g/mol. The largest absolute Gasteiger partial charge is 0.480 e. The average Bonchev–Trinajstić information content (AvgIpc) is 2.61. The van der Waals surface area contributed by atoms with Gasteiger partial charge < -0.3 is 14.3 Å². The van der Waals surface area contributed by atoms with Crippen molar-refractivity contribution in [1.29, 1.82) is 0 Å². The first-order valence-corrected chi connectivity index (χ1v) is 6.47. The van der Waals surface area contributed by atoms with E-state index >= 15 is 0 Å². The molecule has 19 heavy (non-hydrogen) atoms. The molecule has 0 spiro atoms. The molecule has 1 aliphatic heterocycles. The number of likely N-dealkylation sites (tertiary alicyclic amines) is 1. The lowest BCUT2D eigenvalue weighted by Gasteiger charge is -2.50. The fourth-order valence-electron chi connectivity index (χ4n) is 2.68. The molecular weight excluding hydrogens is 246 g/mol. The van der Waals surface area contributed by atoms with Crippen molar-refractivity contribution in [3.05, 3.63) is 23.2 Å². The van der Waals surface area contributed by atoms with Crippen molar-refractivity contribution in [3.8, 4) is 0 Å². The number of rotatable bonds is 5. The van der Waals surface area contributed by atoms with Crippen LogP contribution in [-0.2, 0) is 9.53 Å². The second-order valence-corrected chi connectivity index (χ2v) is 5.58. The highest BCUT2D eigenvalue weighted by Crippen LogP contribution is 2.35. The van der Waals surface area contributed by atoms with Crippen molar-refractivity contribution >= 4 is 5.97 Å². The first kappa shape index (κ1) is 14.1. The number of hydrogen-bond acceptors (Lipinski definition) is 4. The van der Waals surface area contributed by atoms with Crippen LogP contribution in [0.3, 0.4) is 0 Å². The van der Waals surface area contributed by atoms with Crippen LogP contribution in [0.4, 0.5) is 0 Å². The second kappa shape index (κ2) is 4.98. The Labute approximate surface area is 113 Å². The van der Waals surface area contributed by atoms with Gasteiger partial charge in [0.25, 0.3) is 0 Å². The van der Waals surface area contributed by atoms with Gasteiger partial charge in [0, 0.05) is 24.7 Å². The van der Waals surface area contributed by atoms with E-state index in [1.807, 2.05) is 20.8 Å². The van der Waals surface area contributed by atoms with Gasteiger partial charge in [-0.2, -0.15) is 0 Å². The topological polar surface area (TPSA) is 62.9 Å². The maximum Gasteiger partial charge on any atom is 0.329 e. The zero-order valence-electron chi connectivity index (χ0n) is 11.9. The summed E-state index contributed by atoms with van der Waals surface area (Å²) in [5, 5.41) is 8.64. The molecule has 0 aliphatic carbocycles. The number of carboxylic acids is 1. The van der Waals surface area contributed by atoms with Crippen molar-refractivity contribution in [2.24, 2.45) is 0 Å². The van der Waals surface area contributed by atoms with E-state index in [1.165, 1.54) is 5.56 Å². The normalized spacial score (nSPS) is 20.0. The predicted octanol–water partition coefficient (Wildman–Crippen LogP) is 2.13. The van der Waals surface area contributed by atoms with Gasteiger partial charge in [-0.25, -0.2) is 4.79 Å². The molecule has 2 heterocycles. The van der Waals surface area contributed by atoms with Crippen LogP contribution < -0.4 is 0 Å². The van der Waals surface area contributed by atoms with Gasteiger partial charge in [0.05, 0.1) is 5.60 Å². The molecule has 0 amide bonds. The van der Waals surface area contributed by atoms with Gasteiger partial charge in [0.15, 0.2) is 0 Å². The molecule has 0 aromatic carbocycles. The molecule has 1 unspecified atom stereocenters. The van der Waals surface area contributed by atoms with Crippen molar-refractivity contribution in [3.63, 3.8) is 0 Å². The lowest BCUT2D eigenvalue weighted by atomic mass is 9.92. The predicted molar refractivity (Wildman–Crippen MR) is 70.2 cm³/mol. The molecule has 2 rings (SSSR count). The second-order valence-electron chi connectivity index (χ2n) is 5.58. The Morgan fingerprint density at radius 1 is 1.58 bits per heavy atom. The summed E-state index contributed by atoms with van der Waals surface area (Å²) in [6.07, 6.45) is 0. The van der Waals surface area contributed by atoms with E-state index in [1.54, 1.807) is 0 Å². The quantitative estimate of drug-likeness (QED) is 0.885. The Hall–Kier alpha value is -1.33. The van der Waals surface area contributed by atoms with Crippen LogP contribution in [0.25, 0.3) is 0 Å². The monoisotopic (exact) mass is 267 g/mol. The third kappa shape index (κ3) is 2.98. The van der Waals surface area contributed by atoms with Crippen LogP contribution in [-0.4, -0.2) is 41.3 Å². The van der Waals surface area contributed by atoms with Crippen molar-refractivity contribution in [2.75, 3.05) is 19.7 Å². The summed E-state index contributed by atoms with van der Waals surface area (Å²) in [5.74, 6) is 0.948. The molecule has 0 radical (unpaired) electrons. The number of aryl methyl sites for hydroxylation is 2. The molecule has 0 bridgehead atoms. The van der Waals surface area contributed by atoms with Gasteiger partial charge >= 0.3 is 5.97 Å². The molecule has 5 heteroatoms. The number of carbonyl (C=O) groups is 1. The number of carboxylic acid groups (broad SMARTS) is 1. The number of nitrogens with zero attached hydrogens (tertiary/aromatic N) is 1. The maximum absolute atomic E-state index is 10.5. The molecule has 106 valence electrons. The highest BCUT2D eigenvalue weighted by atomic mass is 16.5. The van der Waals surface area contributed by atoms with Crippen LogP contribution in [0.15, 0.2) is 10.5 Å². The first-order valence-electron chi connectivity index (χ1n) is 6.47. The minimum absolute atomic E-state index is 0.234. The lowest BCUT2D eigenvalue weighted by Crippen LogP contribution is -2.62. The van der Waals surface area contributed by atoms with E-state index in [-0.39, 0.29) is 18.2 Å². The Kier molecular flexibility index (Phi) is 3.69. The lowest BCUT2D eigenvalue weighted by molar-refractivity contribution is -0.169. The number of aliphatic carboxylic acids is 1. The zero-order chi connectivity index (χ0) is 14.2. The fraction of sp³-hybridized carbons (Fsp3) is 0.643. The molecule has 0 saturated carbocycles. The number of hydrogen-bond donors (Lipinski definition) is 1. The van der Waals surface area contributed by atoms with Crippen molar-refractivity contribution < 1.29 is 19.1 Å². The standard InChI is InChI=1S/C14H21NO4/c1-9-5-12(11(3)19-9)10(2)15-7-14(4,8-15)18-6-13(16)17/h5,10H,6-8H2,1-4H3,(H,16,17). The van der Waals surface area contributed by atoms with Gasteiger partial charge in [-0.1, -0.05) is 0 Å². The van der Waals surface area contributed by atoms with Crippen LogP contribution >= 0.6 is 0 Å². The minimum atomic E-state index is -0.922. The van der Waals surface area contributed by atoms with E-state index < -0.39 is 5.97 Å². The van der Waals surface area contributed by atoms with Crippen LogP contribution in [0.1, 0.15) is 37.0 Å². The molecule has 1 aromatic rings. The Bertz CT molecular complexity index is 474. The third-order valence-electron chi connectivity index (χ3n) is 3.70. The summed E-state index contributed by atoms with van der Waals surface area (Å²) in [6, 6.07) is 2.33. The molecule has 1 fully saturated rings. The number of ether oxygens (including phenoxy) is 1. The fourth-order valence-corrected chi connectivity index (χ4v) is 2.68. The highest BCUT2D eigenvalue weighted by Gasteiger charge is 2.42. The summed E-state index contributed by atoms with van der Waals surface area (Å²) < 4.78 is 11.0. The van der Waals surface area contributed by atoms with E-state index in [0.717, 1.165) is 24.6 Å². The summed E-state index contributed by atoms with van der Waals surface area (Å²) in [4.78, 5) is 12.8. The van der Waals surface area contributed by atoms with E-state index in [0.29, 0.717) is 0 Å². The van der Waals surface area contributed by atoms with Gasteiger partial charge in [-0.15, -0.1) is 0 Å². The maximum atomic E-state index is 10.5. The van der Waals surface area contributed by atoms with Crippen molar-refractivity contribution in [1.82, 2.24) is 4.90 Å². The van der Waals surface area contributed by atoms with Crippen LogP contribution in [0, 0.1) is 13.8 Å². The Morgan fingerprint density at radius 3 is 2.68 bits per heavy atom. The molecule has 5 nitrogen and oxygen atoms in total. The molecule has 1 N–H and O–H groups in total. The Balaban J connectivity index is 1.92. The summed E-state index contributed by atoms with van der Waals surface area (Å²) in [6.45, 7) is 9.25. The van der Waals surface area contributed by atoms with Crippen molar-refractivity contribution in [2.45, 2.75) is 39.3 Å². The smallest absolute Gasteiger partial charge is 0.329 e. The van der Waals surface area contributed by atoms with Crippen LogP contribution in [0.2, 0.25) is 0 Å². The highest BCUT2D eigenvalue weighted by molar-refractivity contribution is 5.68. The summed E-state index contributed by atoms with van der Waals surface area (Å²) in [7, 11) is 0. The SMILES string of the molecule is Cc1cc(C(C)N2CC(C)(OCC(=O)O)C2)c(C)o1. The zero-order valence-corrected chi connectivity index (χ0v) is 11.9. The van der Waals surface area contributed by atoms with E-state index in [9.17, 15) is 4.79 Å². The molecule has 1 saturated heterocycles. The molecule has 1 atom stereocenters. The molecule has 1 aromatic heterocycles. The van der Waals surface area contributed by atoms with E-state index in [4.69, 9.17) is 14.3 Å². The third-order valence-corrected chi connectivity index (χ3v) is 3.70. The minimum Gasteiger partial charge on any atom is -0.480 e. The summed E-state index contributed by atoms with van der Waals surface area (Å²) >= 11 is 0. The molecular formula is C14H21NO4. The Morgan fingerprint density at radius 2 is 2.21 bits per heavy atom. The van der Waals surface area contributed by atoms with Crippen LogP contribution in [0.5, 0.6) is 0 Å². The molecule has 1 aliphatic rings. The summed E-state index contributed by atoms with van der Waals surface area (Å²) in [5.41, 5.74) is 0.845. The van der Waals surface area contributed by atoms with Gasteiger partial charge in [-0.3, -0.25) is 4.90 Å². The van der Waals surface area contributed by atoms with Gasteiger partial charge in [-0.05, 0) is 33.8 Å². The van der Waals surface area contributed by atoms with Gasteiger partial charge in [0.1, 0.15) is 18.1 Å². The first-order chi connectivity index (χ1) is 8.81. The van der Waals surface area contributed by atoms with Gasteiger partial charge in [0.2, 0.25) is 0 Å². The van der Waals surface area contributed by atoms with E-state index in [2.05, 4.69) is 17.9 Å².